The third-order valence-electron chi connectivity index (χ3n) is 2.87. The third kappa shape index (κ3) is 2.88. The Bertz CT molecular complexity index is 576. The molecule has 1 fully saturated rings. The van der Waals surface area contributed by atoms with E-state index in [1.807, 2.05) is 0 Å². The summed E-state index contributed by atoms with van der Waals surface area (Å²) in [6.45, 7) is 0.501. The molecule has 0 aromatic heterocycles. The van der Waals surface area contributed by atoms with Crippen LogP contribution in [0, 0.1) is 15.9 Å². The van der Waals surface area contributed by atoms with Gasteiger partial charge < -0.3 is 15.2 Å². The molecule has 1 aliphatic heterocycles. The number of aliphatic carboxylic acids is 1. The lowest BCUT2D eigenvalue weighted by molar-refractivity contribution is -0.386. The third-order valence-corrected chi connectivity index (χ3v) is 3.46. The molecule has 2 N–H and O–H groups in total. The highest BCUT2D eigenvalue weighted by atomic mass is 79.9. The van der Waals surface area contributed by atoms with Crippen LogP contribution in [0.15, 0.2) is 16.6 Å². The number of hydrogen-bond donors (Lipinski definition) is 2. The highest BCUT2D eigenvalue weighted by Crippen LogP contribution is 2.39. The van der Waals surface area contributed by atoms with Crippen LogP contribution >= 0.6 is 15.9 Å². The van der Waals surface area contributed by atoms with Gasteiger partial charge in [0.1, 0.15) is 11.4 Å². The van der Waals surface area contributed by atoms with E-state index in [0.717, 1.165) is 12.1 Å². The second-order valence-corrected chi connectivity index (χ2v) is 5.31. The van der Waals surface area contributed by atoms with Gasteiger partial charge in [-0.3, -0.25) is 14.9 Å². The molecule has 0 unspecified atom stereocenters. The van der Waals surface area contributed by atoms with Crippen LogP contribution in [0.1, 0.15) is 6.42 Å². The molecule has 1 heterocycles. The van der Waals surface area contributed by atoms with Gasteiger partial charge >= 0.3 is 11.7 Å². The van der Waals surface area contributed by atoms with Crippen LogP contribution < -0.4 is 10.1 Å². The Labute approximate surface area is 121 Å². The van der Waals surface area contributed by atoms with Crippen LogP contribution in [0.25, 0.3) is 0 Å². The normalized spacial score (nSPS) is 16.3. The lowest BCUT2D eigenvalue weighted by Gasteiger charge is -2.41. The Hall–Kier alpha value is -1.74. The van der Waals surface area contributed by atoms with E-state index in [4.69, 9.17) is 9.84 Å². The molecule has 0 aliphatic carbocycles. The van der Waals surface area contributed by atoms with Gasteiger partial charge in [0.05, 0.1) is 21.9 Å². The Morgan fingerprint density at radius 2 is 2.25 bits per heavy atom. The molecule has 108 valence electrons. The largest absolute Gasteiger partial charge is 0.481 e. The maximum Gasteiger partial charge on any atom is 0.315 e. The number of nitrogens with zero attached hydrogens (tertiary/aromatic N) is 1. The molecule has 1 aromatic carbocycles. The number of benzene rings is 1. The predicted octanol–water partition coefficient (Wildman–Crippen LogP) is 1.69. The van der Waals surface area contributed by atoms with Gasteiger partial charge in [0.2, 0.25) is 5.75 Å². The van der Waals surface area contributed by atoms with Crippen LogP contribution in [-0.4, -0.2) is 34.7 Å². The van der Waals surface area contributed by atoms with Crippen LogP contribution in [-0.2, 0) is 4.79 Å². The maximum absolute atomic E-state index is 13.2. The van der Waals surface area contributed by atoms with Gasteiger partial charge in [0, 0.05) is 13.1 Å². The zero-order chi connectivity index (χ0) is 14.9. The molecule has 1 saturated heterocycles. The minimum atomic E-state index is -1.08. The Morgan fingerprint density at radius 1 is 1.60 bits per heavy atom. The van der Waals surface area contributed by atoms with E-state index in [-0.39, 0.29) is 29.7 Å². The van der Waals surface area contributed by atoms with Crippen molar-refractivity contribution in [2.45, 2.75) is 12.0 Å². The molecule has 1 aliphatic rings. The summed E-state index contributed by atoms with van der Waals surface area (Å²) in [5, 5.41) is 22.7. The van der Waals surface area contributed by atoms with Crippen molar-refractivity contribution in [2.75, 3.05) is 13.1 Å². The fourth-order valence-corrected chi connectivity index (χ4v) is 2.42. The quantitative estimate of drug-likeness (QED) is 0.620. The summed E-state index contributed by atoms with van der Waals surface area (Å²) in [6.07, 6.45) is -0.305. The average molecular weight is 349 g/mol. The minimum Gasteiger partial charge on any atom is -0.481 e. The number of hydrogen-bond acceptors (Lipinski definition) is 5. The second-order valence-electron chi connectivity index (χ2n) is 4.45. The van der Waals surface area contributed by atoms with Gasteiger partial charge in [0.15, 0.2) is 0 Å². The molecule has 0 radical (unpaired) electrons. The van der Waals surface area contributed by atoms with E-state index in [1.54, 1.807) is 0 Å². The highest BCUT2D eigenvalue weighted by Gasteiger charge is 2.43. The molecule has 0 bridgehead atoms. The summed E-state index contributed by atoms with van der Waals surface area (Å²) in [5.41, 5.74) is -1.61. The van der Waals surface area contributed by atoms with E-state index in [2.05, 4.69) is 21.2 Å². The first-order valence-electron chi connectivity index (χ1n) is 5.58. The zero-order valence-electron chi connectivity index (χ0n) is 10.1. The minimum absolute atomic E-state index is 0.0702. The van der Waals surface area contributed by atoms with Crippen molar-refractivity contribution in [3.63, 3.8) is 0 Å². The molecule has 20 heavy (non-hydrogen) atoms. The summed E-state index contributed by atoms with van der Waals surface area (Å²) in [5.74, 6) is -2.03. The fraction of sp³-hybridized carbons (Fsp3) is 0.364. The number of halogens is 2. The summed E-state index contributed by atoms with van der Waals surface area (Å²) in [6, 6.07) is 1.77. The van der Waals surface area contributed by atoms with Crippen LogP contribution in [0.5, 0.6) is 5.75 Å². The van der Waals surface area contributed by atoms with E-state index in [0.29, 0.717) is 0 Å². The van der Waals surface area contributed by atoms with Crippen molar-refractivity contribution in [1.29, 1.82) is 0 Å². The number of ether oxygens (including phenoxy) is 1. The predicted molar refractivity (Wildman–Crippen MR) is 69.2 cm³/mol. The van der Waals surface area contributed by atoms with Gasteiger partial charge in [-0.25, -0.2) is 4.39 Å². The SMILES string of the molecule is O=C(O)CC1(Oc2c(Br)cc(F)cc2[N+](=O)[O-])CNC1. The smallest absolute Gasteiger partial charge is 0.315 e. The average Bonchev–Trinajstić information content (AvgIpc) is 2.28. The second kappa shape index (κ2) is 5.33. The van der Waals surface area contributed by atoms with E-state index in [9.17, 15) is 19.3 Å². The van der Waals surface area contributed by atoms with Crippen molar-refractivity contribution in [3.05, 3.63) is 32.5 Å². The van der Waals surface area contributed by atoms with Crippen LogP contribution in [0.2, 0.25) is 0 Å². The number of carboxylic acid groups (broad SMARTS) is 1. The molecule has 0 spiro atoms. The summed E-state index contributed by atoms with van der Waals surface area (Å²) >= 11 is 3.00. The molecule has 9 heteroatoms. The molecule has 0 atom stereocenters. The number of rotatable bonds is 5. The van der Waals surface area contributed by atoms with Crippen molar-refractivity contribution < 1.29 is 24.0 Å². The van der Waals surface area contributed by atoms with Crippen molar-refractivity contribution in [3.8, 4) is 5.75 Å². The van der Waals surface area contributed by atoms with Gasteiger partial charge in [-0.15, -0.1) is 0 Å². The van der Waals surface area contributed by atoms with Crippen LogP contribution in [0.4, 0.5) is 10.1 Å². The topological polar surface area (TPSA) is 102 Å². The molecule has 0 saturated carbocycles. The molecule has 1 aromatic rings. The summed E-state index contributed by atoms with van der Waals surface area (Å²) < 4.78 is 18.8. The van der Waals surface area contributed by atoms with E-state index < -0.39 is 28.0 Å². The summed E-state index contributed by atoms with van der Waals surface area (Å²) in [4.78, 5) is 21.0. The summed E-state index contributed by atoms with van der Waals surface area (Å²) in [7, 11) is 0. The van der Waals surface area contributed by atoms with Crippen molar-refractivity contribution in [1.82, 2.24) is 5.32 Å². The van der Waals surface area contributed by atoms with Gasteiger partial charge in [-0.1, -0.05) is 0 Å². The zero-order valence-corrected chi connectivity index (χ0v) is 11.6. The number of nitrogens with one attached hydrogen (secondary N) is 1. The molecular formula is C11H10BrFN2O5. The monoisotopic (exact) mass is 348 g/mol. The van der Waals surface area contributed by atoms with Gasteiger partial charge in [-0.2, -0.15) is 0 Å². The molecule has 7 nitrogen and oxygen atoms in total. The van der Waals surface area contributed by atoms with Gasteiger partial charge in [-0.05, 0) is 22.0 Å². The van der Waals surface area contributed by atoms with Crippen molar-refractivity contribution >= 4 is 27.6 Å². The standard InChI is InChI=1S/C11H10BrFN2O5/c12-7-1-6(13)2-8(15(18)19)10(7)20-11(3-9(16)17)4-14-5-11/h1-2,14H,3-5H2,(H,16,17). The number of nitro groups is 1. The number of carboxylic acids is 1. The lowest BCUT2D eigenvalue weighted by Crippen LogP contribution is -2.64. The first kappa shape index (κ1) is 14.7. The molecular weight excluding hydrogens is 339 g/mol. The number of carbonyl (C=O) groups is 1. The molecule has 2 rings (SSSR count). The lowest BCUT2D eigenvalue weighted by atomic mass is 9.92. The fourth-order valence-electron chi connectivity index (χ4n) is 1.91. The number of nitro benzene ring substituents is 1. The first-order valence-corrected chi connectivity index (χ1v) is 6.37. The molecule has 0 amide bonds. The van der Waals surface area contributed by atoms with E-state index >= 15 is 0 Å². The van der Waals surface area contributed by atoms with Crippen molar-refractivity contribution in [2.24, 2.45) is 0 Å². The van der Waals surface area contributed by atoms with Crippen LogP contribution in [0.3, 0.4) is 0 Å². The highest BCUT2D eigenvalue weighted by molar-refractivity contribution is 9.10. The van der Waals surface area contributed by atoms with Gasteiger partial charge in [0.25, 0.3) is 0 Å². The van der Waals surface area contributed by atoms with E-state index in [1.165, 1.54) is 0 Å². The Kier molecular flexibility index (Phi) is 3.91. The Balaban J connectivity index is 2.37. The Morgan fingerprint density at radius 3 is 2.70 bits per heavy atom. The first-order chi connectivity index (χ1) is 9.33. The maximum atomic E-state index is 13.2.